The topological polar surface area (TPSA) is 120 Å². The minimum absolute atomic E-state index is 0. The van der Waals surface area contributed by atoms with Crippen LogP contribution >= 0.6 is 11.8 Å². The summed E-state index contributed by atoms with van der Waals surface area (Å²) in [5.41, 5.74) is 5.57. The number of ether oxygens (including phenoxy) is 1. The lowest BCUT2D eigenvalue weighted by atomic mass is 10.3. The molecule has 3 aliphatic rings. The van der Waals surface area contributed by atoms with E-state index in [-0.39, 0.29) is 134 Å². The van der Waals surface area contributed by atoms with Crippen molar-refractivity contribution in [2.75, 3.05) is 32.1 Å². The van der Waals surface area contributed by atoms with Gasteiger partial charge in [-0.05, 0) is 83.0 Å². The first kappa shape index (κ1) is 164. The van der Waals surface area contributed by atoms with Crippen LogP contribution in [0.25, 0.3) is 0 Å². The lowest BCUT2D eigenvalue weighted by Crippen LogP contribution is -1.89. The predicted octanol–water partition coefficient (Wildman–Crippen LogP) is 26.2. The van der Waals surface area contributed by atoms with E-state index < -0.39 is 0 Å². The van der Waals surface area contributed by atoms with Crippen molar-refractivity contribution >= 4 is 28.4 Å². The maximum atomic E-state index is 4.90. The van der Waals surface area contributed by atoms with Crippen molar-refractivity contribution in [3.63, 3.8) is 0 Å². The molecule has 0 bridgehead atoms. The molecule has 0 N–H and O–H groups in total. The van der Waals surface area contributed by atoms with Gasteiger partial charge >= 0.3 is 0 Å². The molecule has 484 valence electrons. The first-order valence-electron chi connectivity index (χ1n) is 21.6. The van der Waals surface area contributed by atoms with Crippen LogP contribution in [0.15, 0.2) is 106 Å². The van der Waals surface area contributed by atoms with E-state index in [1.807, 2.05) is 199 Å². The van der Waals surface area contributed by atoms with Gasteiger partial charge in [-0.3, -0.25) is 24.9 Å². The maximum Gasteiger partial charge on any atom is 0.180 e. The van der Waals surface area contributed by atoms with Crippen molar-refractivity contribution in [3.8, 4) is 0 Å². The molecule has 0 saturated carbocycles. The zero-order chi connectivity index (χ0) is 47.0. The fourth-order valence-electron chi connectivity index (χ4n) is 2.87. The molecule has 0 radical (unpaired) electrons. The third-order valence-corrected chi connectivity index (χ3v) is 6.21. The molecule has 7 rings (SSSR count). The SMILES string of the molecule is C.C.C.C.C.C.C.C.C.C.C.C.C.C.C.C.C.C.CC.CC.CC.CC.CC.CC.CC.CC1=NCCO1.CC1=NCCS1.CC1=NOCC1.Cc1ccccn1.Cc1cccnc1.Cc1ccncc1.Cc1cocn1. The van der Waals surface area contributed by atoms with Crippen molar-refractivity contribution in [1.82, 2.24) is 19.9 Å². The smallest absolute Gasteiger partial charge is 0.180 e. The predicted molar refractivity (Wildman–Crippen MR) is 387 cm³/mol. The number of aliphatic imine (C=N–C) groups is 2. The normalized spacial score (nSPS) is 8.35. The minimum atomic E-state index is 0. The Bertz CT molecular complexity index is 1200. The fourth-order valence-corrected chi connectivity index (χ4v) is 3.54. The summed E-state index contributed by atoms with van der Waals surface area (Å²) in [7, 11) is 0. The Hall–Kier alpha value is -4.38. The summed E-state index contributed by atoms with van der Waals surface area (Å²) < 4.78 is 9.51. The average molecular weight is 1130 g/mol. The lowest BCUT2D eigenvalue weighted by Gasteiger charge is -1.86. The van der Waals surface area contributed by atoms with Crippen molar-refractivity contribution in [2.24, 2.45) is 15.1 Å². The second kappa shape index (κ2) is 158. The van der Waals surface area contributed by atoms with E-state index in [0.29, 0.717) is 0 Å². The molecule has 77 heavy (non-hydrogen) atoms. The van der Waals surface area contributed by atoms with E-state index in [2.05, 4.69) is 51.3 Å². The Labute approximate surface area is 501 Å². The summed E-state index contributed by atoms with van der Waals surface area (Å²) >= 11 is 1.85. The summed E-state index contributed by atoms with van der Waals surface area (Å²) in [6.45, 7) is 45.3. The van der Waals surface area contributed by atoms with Crippen LogP contribution in [-0.2, 0) is 9.57 Å². The standard InChI is InChI=1S/3C6H7N.C4H5NO.2C4H7NO.C4H7NS.7C2H6.18CH4/c1-6-2-4-7-5-3-6;1-6-3-2-4-7-5-6;1-6-4-2-3-5-7-6;1-4-2-6-3-5-4;1-4-5-2-3-6-4;1-4-2-3-6-5-4;1-4-5-2-3-6-4;7*1-2;;;;;;;;;;;;;;;;;;/h3*2-5H,1H3;2-3H,1H3;3*2-3H2,1H3;7*1-2H3;18*1H4. The number of thioether (sulfide) groups is 1. The van der Waals surface area contributed by atoms with Gasteiger partial charge in [0.05, 0.1) is 23.0 Å². The molecule has 11 heteroatoms. The third kappa shape index (κ3) is 153. The van der Waals surface area contributed by atoms with Gasteiger partial charge in [0, 0.05) is 62.3 Å². The molecule has 7 heterocycles. The van der Waals surface area contributed by atoms with Crippen LogP contribution in [0.2, 0.25) is 0 Å². The fraction of sp³-hybridized carbons (Fsp3) is 0.682. The average Bonchev–Trinajstić information content (AvgIpc) is 4.18. The van der Waals surface area contributed by atoms with Crippen LogP contribution in [0.4, 0.5) is 0 Å². The minimum Gasteiger partial charge on any atom is -0.479 e. The van der Waals surface area contributed by atoms with Gasteiger partial charge < -0.3 is 14.0 Å². The monoisotopic (exact) mass is 1130 g/mol. The van der Waals surface area contributed by atoms with E-state index in [0.717, 1.165) is 55.7 Å². The van der Waals surface area contributed by atoms with Gasteiger partial charge in [0.15, 0.2) is 12.3 Å². The molecule has 0 unspecified atom stereocenters. The van der Waals surface area contributed by atoms with Gasteiger partial charge in [0.1, 0.15) is 19.5 Å². The first-order valence-corrected chi connectivity index (χ1v) is 22.6. The molecule has 10 nitrogen and oxygen atoms in total. The van der Waals surface area contributed by atoms with Gasteiger partial charge in [-0.25, -0.2) is 4.98 Å². The number of hydrogen-bond donors (Lipinski definition) is 0. The molecule has 0 aliphatic carbocycles. The van der Waals surface area contributed by atoms with Crippen LogP contribution < -0.4 is 0 Å². The van der Waals surface area contributed by atoms with Gasteiger partial charge in [-0.15, -0.1) is 11.8 Å². The van der Waals surface area contributed by atoms with Crippen LogP contribution in [0.5, 0.6) is 0 Å². The second-order valence-corrected chi connectivity index (χ2v) is 10.9. The highest BCUT2D eigenvalue weighted by atomic mass is 32.2. The van der Waals surface area contributed by atoms with Gasteiger partial charge in [-0.1, -0.05) is 248 Å². The van der Waals surface area contributed by atoms with E-state index in [9.17, 15) is 0 Å². The molecular weight excluding hydrogens is 971 g/mol. The van der Waals surface area contributed by atoms with Crippen molar-refractivity contribution in [3.05, 3.63) is 109 Å². The number of aryl methyl sites for hydroxylation is 4. The summed E-state index contributed by atoms with van der Waals surface area (Å²) in [6, 6.07) is 13.7. The molecular formula is C66H161N7O3S. The number of rotatable bonds is 0. The number of aromatic nitrogens is 4. The van der Waals surface area contributed by atoms with Crippen LogP contribution in [0.1, 0.15) is 280 Å². The summed E-state index contributed by atoms with van der Waals surface area (Å²) in [4.78, 5) is 28.1. The largest absolute Gasteiger partial charge is 0.479 e. The number of oxazole rings is 1. The Morgan fingerprint density at radius 2 is 0.896 bits per heavy atom. The van der Waals surface area contributed by atoms with E-state index >= 15 is 0 Å². The molecule has 0 fully saturated rings. The molecule has 3 aliphatic heterocycles. The quantitative estimate of drug-likeness (QED) is 0.171. The number of pyridine rings is 3. The van der Waals surface area contributed by atoms with Crippen molar-refractivity contribution in [2.45, 2.75) is 285 Å². The zero-order valence-electron chi connectivity index (χ0n) is 41.6. The first-order chi connectivity index (χ1) is 28.8. The molecule has 0 saturated heterocycles. The van der Waals surface area contributed by atoms with E-state index in [4.69, 9.17) is 4.74 Å². The van der Waals surface area contributed by atoms with Crippen molar-refractivity contribution < 1.29 is 14.0 Å². The Morgan fingerprint density at radius 3 is 1.03 bits per heavy atom. The van der Waals surface area contributed by atoms with Gasteiger partial charge in [0.2, 0.25) is 0 Å². The Kier molecular flexibility index (Phi) is 336. The van der Waals surface area contributed by atoms with Crippen LogP contribution in [-0.4, -0.2) is 68.6 Å². The highest BCUT2D eigenvalue weighted by molar-refractivity contribution is 8.14. The Morgan fingerprint density at radius 1 is 0.429 bits per heavy atom. The van der Waals surface area contributed by atoms with Crippen molar-refractivity contribution in [1.29, 1.82) is 0 Å². The van der Waals surface area contributed by atoms with Crippen LogP contribution in [0.3, 0.4) is 0 Å². The van der Waals surface area contributed by atoms with Gasteiger partial charge in [0.25, 0.3) is 0 Å². The van der Waals surface area contributed by atoms with Crippen LogP contribution in [0, 0.1) is 27.7 Å². The molecule has 0 atom stereocenters. The Balaban J connectivity index is -0.0000000165. The summed E-state index contributed by atoms with van der Waals surface area (Å²) in [5.74, 6) is 2.03. The molecule has 0 aromatic carbocycles. The van der Waals surface area contributed by atoms with Gasteiger partial charge in [-0.2, -0.15) is 0 Å². The number of hydrogen-bond acceptors (Lipinski definition) is 11. The summed E-state index contributed by atoms with van der Waals surface area (Å²) in [6.07, 6.45) is 13.0. The highest BCUT2D eigenvalue weighted by Gasteiger charge is 1.98. The molecule has 0 amide bonds. The molecule has 0 spiro atoms. The number of oxime groups is 1. The summed E-state index contributed by atoms with van der Waals surface area (Å²) in [5, 5.41) is 4.90. The molecule has 4 aromatic rings. The lowest BCUT2D eigenvalue weighted by molar-refractivity contribution is 0.173. The second-order valence-electron chi connectivity index (χ2n) is 9.56. The molecule has 4 aromatic heterocycles. The zero-order valence-corrected chi connectivity index (χ0v) is 42.4. The number of nitrogens with zero attached hydrogens (tertiary/aromatic N) is 7. The van der Waals surface area contributed by atoms with E-state index in [1.165, 1.54) is 28.3 Å². The third-order valence-electron chi connectivity index (χ3n) is 5.27. The highest BCUT2D eigenvalue weighted by Crippen LogP contribution is 2.09. The van der Waals surface area contributed by atoms with E-state index in [1.54, 1.807) is 31.1 Å². The maximum absolute atomic E-state index is 4.90.